The lowest BCUT2D eigenvalue weighted by molar-refractivity contribution is 0.149. The molecule has 0 aliphatic carbocycles. The number of methoxy groups -OCH3 is 1. The Morgan fingerprint density at radius 3 is 3.07 bits per heavy atom. The lowest BCUT2D eigenvalue weighted by Gasteiger charge is -2.26. The monoisotopic (exact) mass is 211 g/mol. The third-order valence-electron chi connectivity index (χ3n) is 2.37. The van der Waals surface area contributed by atoms with Crippen LogP contribution in [0.4, 0.5) is 0 Å². The molecule has 0 aromatic heterocycles. The van der Waals surface area contributed by atoms with Crippen molar-refractivity contribution in [1.82, 2.24) is 0 Å². The molecule has 14 heavy (non-hydrogen) atoms. The van der Waals surface area contributed by atoms with Crippen molar-refractivity contribution in [3.63, 3.8) is 0 Å². The fourth-order valence-electron chi connectivity index (χ4n) is 1.52. The Kier molecular flexibility index (Phi) is 2.67. The Hall–Kier alpha value is -0.710. The van der Waals surface area contributed by atoms with Gasteiger partial charge in [0.25, 0.3) is 0 Å². The van der Waals surface area contributed by atoms with Crippen LogP contribution in [0.5, 0.6) is 5.75 Å². The zero-order chi connectivity index (χ0) is 10.1. The molecule has 1 aromatic carbocycles. The second kappa shape index (κ2) is 3.81. The fourth-order valence-corrected chi connectivity index (χ4v) is 2.59. The van der Waals surface area contributed by atoms with Gasteiger partial charge < -0.3 is 15.6 Å². The topological polar surface area (TPSA) is 55.5 Å². The number of nitrogens with two attached hydrogens (primary N) is 1. The maximum atomic E-state index is 9.86. The van der Waals surface area contributed by atoms with Crippen LogP contribution in [-0.2, 0) is 0 Å². The van der Waals surface area contributed by atoms with Crippen LogP contribution >= 0.6 is 11.8 Å². The first-order chi connectivity index (χ1) is 6.72. The van der Waals surface area contributed by atoms with Gasteiger partial charge in [0.1, 0.15) is 5.75 Å². The van der Waals surface area contributed by atoms with E-state index in [1.807, 2.05) is 18.2 Å². The number of aliphatic hydroxyl groups is 1. The third-order valence-corrected chi connectivity index (χ3v) is 3.61. The van der Waals surface area contributed by atoms with Gasteiger partial charge in [0.15, 0.2) is 0 Å². The predicted octanol–water partition coefficient (Wildman–Crippen LogP) is 1.16. The summed E-state index contributed by atoms with van der Waals surface area (Å²) in [6.07, 6.45) is -0.568. The number of rotatable bonds is 1. The molecule has 76 valence electrons. The maximum absolute atomic E-state index is 9.86. The summed E-state index contributed by atoms with van der Waals surface area (Å²) in [6, 6.07) is 5.54. The SMILES string of the molecule is COc1ccc2c(c1)[C@H](O)[C@@H](N)CS2. The minimum Gasteiger partial charge on any atom is -0.497 e. The van der Waals surface area contributed by atoms with Gasteiger partial charge in [-0.3, -0.25) is 0 Å². The summed E-state index contributed by atoms with van der Waals surface area (Å²) in [6.45, 7) is 0. The normalized spacial score (nSPS) is 25.6. The molecule has 1 heterocycles. The van der Waals surface area contributed by atoms with Crippen molar-refractivity contribution in [2.24, 2.45) is 5.73 Å². The zero-order valence-corrected chi connectivity index (χ0v) is 8.75. The molecule has 2 atom stereocenters. The van der Waals surface area contributed by atoms with Gasteiger partial charge in [0.2, 0.25) is 0 Å². The van der Waals surface area contributed by atoms with E-state index in [9.17, 15) is 5.11 Å². The van der Waals surface area contributed by atoms with Crippen LogP contribution in [0.15, 0.2) is 23.1 Å². The lowest BCUT2D eigenvalue weighted by atomic mass is 10.0. The number of hydrogen-bond donors (Lipinski definition) is 2. The highest BCUT2D eigenvalue weighted by Crippen LogP contribution is 2.37. The van der Waals surface area contributed by atoms with Gasteiger partial charge in [-0.25, -0.2) is 0 Å². The summed E-state index contributed by atoms with van der Waals surface area (Å²) in [5, 5.41) is 9.86. The van der Waals surface area contributed by atoms with Crippen LogP contribution in [0.25, 0.3) is 0 Å². The molecule has 0 saturated heterocycles. The average Bonchev–Trinajstić information content (AvgIpc) is 2.23. The Bertz CT molecular complexity index is 343. The quantitative estimate of drug-likeness (QED) is 0.732. The minimum absolute atomic E-state index is 0.181. The van der Waals surface area contributed by atoms with Crippen LogP contribution in [0.3, 0.4) is 0 Å². The number of hydrogen-bond acceptors (Lipinski definition) is 4. The molecule has 0 spiro atoms. The van der Waals surface area contributed by atoms with E-state index >= 15 is 0 Å². The van der Waals surface area contributed by atoms with E-state index in [1.165, 1.54) is 0 Å². The summed E-state index contributed by atoms with van der Waals surface area (Å²) in [7, 11) is 1.62. The second-order valence-electron chi connectivity index (χ2n) is 3.32. The summed E-state index contributed by atoms with van der Waals surface area (Å²) in [4.78, 5) is 1.10. The van der Waals surface area contributed by atoms with E-state index in [4.69, 9.17) is 10.5 Å². The molecule has 1 aliphatic heterocycles. The van der Waals surface area contributed by atoms with Gasteiger partial charge in [0, 0.05) is 16.7 Å². The van der Waals surface area contributed by atoms with Gasteiger partial charge in [-0.05, 0) is 23.8 Å². The molecule has 0 bridgehead atoms. The molecular weight excluding hydrogens is 198 g/mol. The molecule has 3 N–H and O–H groups in total. The molecule has 0 saturated carbocycles. The summed E-state index contributed by atoms with van der Waals surface area (Å²) >= 11 is 1.68. The molecule has 3 nitrogen and oxygen atoms in total. The molecule has 4 heteroatoms. The molecule has 0 unspecified atom stereocenters. The number of benzene rings is 1. The fraction of sp³-hybridized carbons (Fsp3) is 0.400. The predicted molar refractivity (Wildman–Crippen MR) is 56.7 cm³/mol. The van der Waals surface area contributed by atoms with Crippen molar-refractivity contribution in [3.05, 3.63) is 23.8 Å². The van der Waals surface area contributed by atoms with Crippen LogP contribution in [0.1, 0.15) is 11.7 Å². The van der Waals surface area contributed by atoms with E-state index in [2.05, 4.69) is 0 Å². The first-order valence-electron chi connectivity index (χ1n) is 4.46. The lowest BCUT2D eigenvalue weighted by Crippen LogP contribution is -2.33. The second-order valence-corrected chi connectivity index (χ2v) is 4.39. The van der Waals surface area contributed by atoms with E-state index < -0.39 is 6.10 Å². The smallest absolute Gasteiger partial charge is 0.119 e. The van der Waals surface area contributed by atoms with Crippen LogP contribution < -0.4 is 10.5 Å². The average molecular weight is 211 g/mol. The summed E-state index contributed by atoms with van der Waals surface area (Å²) in [5.41, 5.74) is 6.66. The Morgan fingerprint density at radius 1 is 1.57 bits per heavy atom. The number of ether oxygens (including phenoxy) is 1. The standard InChI is InChI=1S/C10H13NO2S/c1-13-6-2-3-9-7(4-6)10(12)8(11)5-14-9/h2-4,8,10,12H,5,11H2,1H3/t8-,10-/m0/s1. The van der Waals surface area contributed by atoms with Crippen molar-refractivity contribution in [1.29, 1.82) is 0 Å². The van der Waals surface area contributed by atoms with E-state index in [-0.39, 0.29) is 6.04 Å². The first kappa shape index (κ1) is 9.83. The van der Waals surface area contributed by atoms with E-state index in [0.717, 1.165) is 22.0 Å². The van der Waals surface area contributed by atoms with Gasteiger partial charge in [-0.1, -0.05) is 0 Å². The number of aliphatic hydroxyl groups excluding tert-OH is 1. The van der Waals surface area contributed by atoms with Gasteiger partial charge >= 0.3 is 0 Å². The molecule has 2 rings (SSSR count). The molecule has 0 amide bonds. The van der Waals surface area contributed by atoms with E-state index in [0.29, 0.717) is 0 Å². The highest BCUT2D eigenvalue weighted by Gasteiger charge is 2.25. The number of fused-ring (bicyclic) bond motifs is 1. The Balaban J connectivity index is 2.41. The van der Waals surface area contributed by atoms with Gasteiger partial charge in [-0.15, -0.1) is 11.8 Å². The third kappa shape index (κ3) is 1.61. The summed E-state index contributed by atoms with van der Waals surface area (Å²) in [5.74, 6) is 1.53. The van der Waals surface area contributed by atoms with Gasteiger partial charge in [-0.2, -0.15) is 0 Å². The largest absolute Gasteiger partial charge is 0.497 e. The van der Waals surface area contributed by atoms with Crippen molar-refractivity contribution in [2.75, 3.05) is 12.9 Å². The maximum Gasteiger partial charge on any atom is 0.119 e. The number of thioether (sulfide) groups is 1. The van der Waals surface area contributed by atoms with Crippen LogP contribution in [-0.4, -0.2) is 24.0 Å². The highest BCUT2D eigenvalue weighted by atomic mass is 32.2. The molecule has 1 aromatic rings. The molecule has 1 aliphatic rings. The zero-order valence-electron chi connectivity index (χ0n) is 7.93. The van der Waals surface area contributed by atoms with Gasteiger partial charge in [0.05, 0.1) is 13.2 Å². The van der Waals surface area contributed by atoms with Crippen LogP contribution in [0, 0.1) is 0 Å². The van der Waals surface area contributed by atoms with Crippen molar-refractivity contribution in [2.45, 2.75) is 17.0 Å². The highest BCUT2D eigenvalue weighted by molar-refractivity contribution is 7.99. The summed E-state index contributed by atoms with van der Waals surface area (Å²) < 4.78 is 5.10. The Morgan fingerprint density at radius 2 is 2.36 bits per heavy atom. The Labute approximate surface area is 87.3 Å². The molecular formula is C10H13NO2S. The van der Waals surface area contributed by atoms with Crippen molar-refractivity contribution >= 4 is 11.8 Å². The molecule has 0 radical (unpaired) electrons. The minimum atomic E-state index is -0.568. The van der Waals surface area contributed by atoms with Crippen LogP contribution in [0.2, 0.25) is 0 Å². The van der Waals surface area contributed by atoms with Crippen molar-refractivity contribution in [3.8, 4) is 5.75 Å². The first-order valence-corrected chi connectivity index (χ1v) is 5.45. The van der Waals surface area contributed by atoms with E-state index in [1.54, 1.807) is 18.9 Å². The van der Waals surface area contributed by atoms with Crippen molar-refractivity contribution < 1.29 is 9.84 Å². The molecule has 0 fully saturated rings.